The van der Waals surface area contributed by atoms with Gasteiger partial charge in [-0.1, -0.05) is 58.4 Å². The number of benzene rings is 3. The smallest absolute Gasteiger partial charge is 0.0715 e. The molecule has 21 heavy (non-hydrogen) atoms. The fraction of sp³-hybridized carbons (Fsp3) is 0. The Bertz CT molecular complexity index is 960. The van der Waals surface area contributed by atoms with E-state index in [-0.39, 0.29) is 0 Å². The zero-order valence-electron chi connectivity index (χ0n) is 11.3. The third-order valence-electron chi connectivity index (χ3n) is 3.68. The molecule has 4 rings (SSSR count). The first kappa shape index (κ1) is 12.5. The van der Waals surface area contributed by atoms with E-state index in [0.717, 1.165) is 21.2 Å². The van der Waals surface area contributed by atoms with Gasteiger partial charge in [0, 0.05) is 15.4 Å². The Labute approximate surface area is 131 Å². The molecule has 0 unspecified atom stereocenters. The summed E-state index contributed by atoms with van der Waals surface area (Å²) in [6, 6.07) is 25.2. The summed E-state index contributed by atoms with van der Waals surface area (Å²) in [5, 5.41) is 3.65. The van der Waals surface area contributed by atoms with Gasteiger partial charge in [-0.15, -0.1) is 0 Å². The van der Waals surface area contributed by atoms with Crippen molar-refractivity contribution in [3.63, 3.8) is 0 Å². The number of rotatable bonds is 1. The van der Waals surface area contributed by atoms with Crippen LogP contribution in [-0.2, 0) is 0 Å². The molecule has 0 spiro atoms. The molecular weight excluding hydrogens is 322 g/mol. The van der Waals surface area contributed by atoms with Crippen LogP contribution in [0.15, 0.2) is 77.3 Å². The van der Waals surface area contributed by atoms with Gasteiger partial charge in [0.15, 0.2) is 0 Å². The van der Waals surface area contributed by atoms with Crippen molar-refractivity contribution in [3.05, 3.63) is 77.3 Å². The van der Waals surface area contributed by atoms with Gasteiger partial charge < -0.3 is 0 Å². The minimum absolute atomic E-state index is 0.999. The maximum absolute atomic E-state index is 4.82. The first-order valence-electron chi connectivity index (χ1n) is 6.85. The molecule has 100 valence electrons. The number of hydrogen-bond acceptors (Lipinski definition) is 1. The molecule has 0 aliphatic heterocycles. The predicted molar refractivity (Wildman–Crippen MR) is 92.4 cm³/mol. The summed E-state index contributed by atoms with van der Waals surface area (Å²) in [5.41, 5.74) is 3.16. The van der Waals surface area contributed by atoms with Crippen LogP contribution in [0.2, 0.25) is 0 Å². The first-order chi connectivity index (χ1) is 10.3. The summed E-state index contributed by atoms with van der Waals surface area (Å²) in [6.45, 7) is 0. The summed E-state index contributed by atoms with van der Waals surface area (Å²) in [4.78, 5) is 4.82. The molecule has 0 aliphatic rings. The van der Waals surface area contributed by atoms with E-state index < -0.39 is 0 Å². The number of nitrogens with zero attached hydrogens (tertiary/aromatic N) is 1. The van der Waals surface area contributed by atoms with Crippen LogP contribution in [0.25, 0.3) is 32.9 Å². The van der Waals surface area contributed by atoms with Crippen molar-refractivity contribution in [3.8, 4) is 11.3 Å². The number of fused-ring (bicyclic) bond motifs is 2. The number of hydrogen-bond donors (Lipinski definition) is 0. The van der Waals surface area contributed by atoms with Gasteiger partial charge in [-0.2, -0.15) is 0 Å². The maximum Gasteiger partial charge on any atom is 0.0715 e. The largest absolute Gasteiger partial charge is 0.248 e. The molecule has 1 heterocycles. The SMILES string of the molecule is Brc1cccc(-c2ccc3cc4ccccc4cc3n2)c1. The van der Waals surface area contributed by atoms with Crippen LogP contribution in [-0.4, -0.2) is 4.98 Å². The van der Waals surface area contributed by atoms with Gasteiger partial charge >= 0.3 is 0 Å². The van der Waals surface area contributed by atoms with Crippen LogP contribution in [0.4, 0.5) is 0 Å². The van der Waals surface area contributed by atoms with E-state index in [1.165, 1.54) is 16.2 Å². The molecule has 1 aromatic heterocycles. The molecule has 0 saturated heterocycles. The zero-order chi connectivity index (χ0) is 14.2. The Morgan fingerprint density at radius 3 is 2.29 bits per heavy atom. The molecular formula is C19H12BrN. The van der Waals surface area contributed by atoms with Gasteiger partial charge in [-0.3, -0.25) is 0 Å². The van der Waals surface area contributed by atoms with Gasteiger partial charge in [0.25, 0.3) is 0 Å². The van der Waals surface area contributed by atoms with E-state index in [4.69, 9.17) is 4.98 Å². The minimum atomic E-state index is 0.999. The van der Waals surface area contributed by atoms with Crippen molar-refractivity contribution in [2.45, 2.75) is 0 Å². The van der Waals surface area contributed by atoms with Crippen LogP contribution in [0, 0.1) is 0 Å². The van der Waals surface area contributed by atoms with Crippen LogP contribution in [0.5, 0.6) is 0 Å². The highest BCUT2D eigenvalue weighted by molar-refractivity contribution is 9.10. The second kappa shape index (κ2) is 4.97. The van der Waals surface area contributed by atoms with Crippen molar-refractivity contribution in [2.75, 3.05) is 0 Å². The third-order valence-corrected chi connectivity index (χ3v) is 4.17. The summed E-state index contributed by atoms with van der Waals surface area (Å²) >= 11 is 3.51. The molecule has 0 saturated carbocycles. The fourth-order valence-corrected chi connectivity index (χ4v) is 3.02. The topological polar surface area (TPSA) is 12.9 Å². The molecule has 2 heteroatoms. The maximum atomic E-state index is 4.82. The molecule has 0 fully saturated rings. The Hall–Kier alpha value is -2.19. The average molecular weight is 334 g/mol. The van der Waals surface area contributed by atoms with Crippen LogP contribution in [0.1, 0.15) is 0 Å². The summed E-state index contributed by atoms with van der Waals surface area (Å²) in [6.07, 6.45) is 0. The van der Waals surface area contributed by atoms with Crippen molar-refractivity contribution >= 4 is 37.6 Å². The lowest BCUT2D eigenvalue weighted by molar-refractivity contribution is 1.40. The quantitative estimate of drug-likeness (QED) is 0.400. The zero-order valence-corrected chi connectivity index (χ0v) is 12.8. The van der Waals surface area contributed by atoms with Gasteiger partial charge in [-0.05, 0) is 41.1 Å². The van der Waals surface area contributed by atoms with E-state index in [0.29, 0.717) is 0 Å². The summed E-state index contributed by atoms with van der Waals surface area (Å²) in [5.74, 6) is 0. The third kappa shape index (κ3) is 2.32. The standard InChI is InChI=1S/C19H12BrN/c20-17-7-3-6-15(11-17)18-9-8-16-10-13-4-1-2-5-14(13)12-19(16)21-18/h1-12H. The molecule has 4 aromatic rings. The highest BCUT2D eigenvalue weighted by Gasteiger charge is 2.03. The Morgan fingerprint density at radius 2 is 1.48 bits per heavy atom. The molecule has 0 bridgehead atoms. The molecule has 0 radical (unpaired) electrons. The van der Waals surface area contributed by atoms with E-state index in [9.17, 15) is 0 Å². The lowest BCUT2D eigenvalue weighted by atomic mass is 10.1. The van der Waals surface area contributed by atoms with Crippen LogP contribution in [0.3, 0.4) is 0 Å². The van der Waals surface area contributed by atoms with Crippen molar-refractivity contribution in [1.82, 2.24) is 4.98 Å². The Morgan fingerprint density at radius 1 is 0.667 bits per heavy atom. The molecule has 0 aliphatic carbocycles. The summed E-state index contributed by atoms with van der Waals surface area (Å²) < 4.78 is 1.07. The monoisotopic (exact) mass is 333 g/mol. The van der Waals surface area contributed by atoms with Crippen molar-refractivity contribution in [1.29, 1.82) is 0 Å². The van der Waals surface area contributed by atoms with Crippen molar-refractivity contribution < 1.29 is 0 Å². The van der Waals surface area contributed by atoms with Gasteiger partial charge in [-0.25, -0.2) is 4.98 Å². The molecule has 1 nitrogen and oxygen atoms in total. The molecule has 0 amide bonds. The van der Waals surface area contributed by atoms with E-state index in [2.05, 4.69) is 76.6 Å². The second-order valence-corrected chi connectivity index (χ2v) is 6.01. The molecule has 3 aromatic carbocycles. The van der Waals surface area contributed by atoms with E-state index in [1.807, 2.05) is 12.1 Å². The molecule has 0 atom stereocenters. The number of aromatic nitrogens is 1. The van der Waals surface area contributed by atoms with Gasteiger partial charge in [0.05, 0.1) is 11.2 Å². The lowest BCUT2D eigenvalue weighted by Crippen LogP contribution is -1.86. The average Bonchev–Trinajstić information content (AvgIpc) is 2.52. The Balaban J connectivity index is 1.95. The summed E-state index contributed by atoms with van der Waals surface area (Å²) in [7, 11) is 0. The van der Waals surface area contributed by atoms with Gasteiger partial charge in [0.2, 0.25) is 0 Å². The van der Waals surface area contributed by atoms with Gasteiger partial charge in [0.1, 0.15) is 0 Å². The minimum Gasteiger partial charge on any atom is -0.248 e. The normalized spacial score (nSPS) is 11.1. The van der Waals surface area contributed by atoms with E-state index in [1.54, 1.807) is 0 Å². The number of pyridine rings is 1. The van der Waals surface area contributed by atoms with Crippen LogP contribution >= 0.6 is 15.9 Å². The van der Waals surface area contributed by atoms with E-state index >= 15 is 0 Å². The Kier molecular flexibility index (Phi) is 2.97. The number of halogens is 1. The predicted octanol–water partition coefficient (Wildman–Crippen LogP) is 5.82. The van der Waals surface area contributed by atoms with Crippen LogP contribution < -0.4 is 0 Å². The molecule has 0 N–H and O–H groups in total. The first-order valence-corrected chi connectivity index (χ1v) is 7.64. The second-order valence-electron chi connectivity index (χ2n) is 5.10. The highest BCUT2D eigenvalue weighted by Crippen LogP contribution is 2.26. The fourth-order valence-electron chi connectivity index (χ4n) is 2.62. The lowest BCUT2D eigenvalue weighted by Gasteiger charge is -2.05. The highest BCUT2D eigenvalue weighted by atomic mass is 79.9. The van der Waals surface area contributed by atoms with Crippen molar-refractivity contribution in [2.24, 2.45) is 0 Å².